The SMILES string of the molecule is CNC(=O)CS(=O)(=O)CC(C#N)c1ccccc1. The van der Waals surface area contributed by atoms with Gasteiger partial charge in [0.1, 0.15) is 5.75 Å². The lowest BCUT2D eigenvalue weighted by Crippen LogP contribution is -2.29. The normalized spacial score (nSPS) is 12.4. The van der Waals surface area contributed by atoms with Gasteiger partial charge in [0.15, 0.2) is 9.84 Å². The van der Waals surface area contributed by atoms with Gasteiger partial charge in [0.2, 0.25) is 5.91 Å². The van der Waals surface area contributed by atoms with Crippen molar-refractivity contribution < 1.29 is 13.2 Å². The first-order valence-corrected chi connectivity index (χ1v) is 7.16. The molecule has 6 heteroatoms. The largest absolute Gasteiger partial charge is 0.358 e. The van der Waals surface area contributed by atoms with Crippen LogP contribution >= 0.6 is 0 Å². The van der Waals surface area contributed by atoms with E-state index in [0.29, 0.717) is 5.56 Å². The van der Waals surface area contributed by atoms with Crippen molar-refractivity contribution in [1.82, 2.24) is 5.32 Å². The van der Waals surface area contributed by atoms with Crippen molar-refractivity contribution in [3.05, 3.63) is 35.9 Å². The van der Waals surface area contributed by atoms with Gasteiger partial charge in [-0.25, -0.2) is 8.42 Å². The van der Waals surface area contributed by atoms with Gasteiger partial charge in [0.05, 0.1) is 17.7 Å². The van der Waals surface area contributed by atoms with E-state index in [1.54, 1.807) is 30.3 Å². The maximum atomic E-state index is 11.7. The molecular weight excluding hydrogens is 252 g/mol. The summed E-state index contributed by atoms with van der Waals surface area (Å²) in [4.78, 5) is 11.1. The number of benzene rings is 1. The van der Waals surface area contributed by atoms with E-state index in [4.69, 9.17) is 5.26 Å². The van der Waals surface area contributed by atoms with Crippen LogP contribution in [0, 0.1) is 11.3 Å². The smallest absolute Gasteiger partial charge is 0.234 e. The van der Waals surface area contributed by atoms with Crippen molar-refractivity contribution in [3.8, 4) is 6.07 Å². The predicted octanol–water partition coefficient (Wildman–Crippen LogP) is 0.455. The molecule has 1 atom stereocenters. The highest BCUT2D eigenvalue weighted by Crippen LogP contribution is 2.17. The van der Waals surface area contributed by atoms with Gasteiger partial charge in [-0.1, -0.05) is 30.3 Å². The molecule has 0 fully saturated rings. The first-order valence-electron chi connectivity index (χ1n) is 5.34. The van der Waals surface area contributed by atoms with Gasteiger partial charge in [-0.05, 0) is 5.56 Å². The van der Waals surface area contributed by atoms with Crippen LogP contribution in [0.15, 0.2) is 30.3 Å². The minimum Gasteiger partial charge on any atom is -0.358 e. The summed E-state index contributed by atoms with van der Waals surface area (Å²) in [6.07, 6.45) is 0. The van der Waals surface area contributed by atoms with Crippen molar-refractivity contribution in [2.45, 2.75) is 5.92 Å². The topological polar surface area (TPSA) is 87.0 Å². The molecule has 1 aromatic rings. The molecule has 1 rings (SSSR count). The summed E-state index contributed by atoms with van der Waals surface area (Å²) >= 11 is 0. The van der Waals surface area contributed by atoms with Crippen molar-refractivity contribution in [3.63, 3.8) is 0 Å². The molecule has 18 heavy (non-hydrogen) atoms. The van der Waals surface area contributed by atoms with Gasteiger partial charge in [-0.2, -0.15) is 5.26 Å². The molecule has 1 amide bonds. The van der Waals surface area contributed by atoms with Crippen LogP contribution in [0.4, 0.5) is 0 Å². The number of hydrogen-bond donors (Lipinski definition) is 1. The van der Waals surface area contributed by atoms with E-state index in [1.165, 1.54) is 7.05 Å². The molecule has 1 unspecified atom stereocenters. The molecule has 1 N–H and O–H groups in total. The van der Waals surface area contributed by atoms with Gasteiger partial charge in [0.25, 0.3) is 0 Å². The molecular formula is C12H14N2O3S. The van der Waals surface area contributed by atoms with Gasteiger partial charge < -0.3 is 5.32 Å². The average Bonchev–Trinajstić information content (AvgIpc) is 2.36. The minimum atomic E-state index is -3.59. The van der Waals surface area contributed by atoms with Crippen molar-refractivity contribution in [2.24, 2.45) is 0 Å². The standard InChI is InChI=1S/C12H14N2O3S/c1-14-12(15)9-18(16,17)8-11(7-13)10-5-3-2-4-6-10/h2-6,11H,8-9H2,1H3,(H,14,15). The molecule has 0 heterocycles. The lowest BCUT2D eigenvalue weighted by atomic mass is 10.0. The first-order chi connectivity index (χ1) is 8.48. The summed E-state index contributed by atoms with van der Waals surface area (Å²) < 4.78 is 23.5. The molecule has 0 aromatic heterocycles. The number of sulfone groups is 1. The molecule has 0 saturated heterocycles. The number of nitrogens with zero attached hydrogens (tertiary/aromatic N) is 1. The van der Waals surface area contributed by atoms with E-state index in [0.717, 1.165) is 0 Å². The van der Waals surface area contributed by atoms with Crippen LogP contribution in [0.2, 0.25) is 0 Å². The van der Waals surface area contributed by atoms with Crippen LogP contribution in [0.25, 0.3) is 0 Å². The highest BCUT2D eigenvalue weighted by atomic mass is 32.2. The van der Waals surface area contributed by atoms with Crippen molar-refractivity contribution in [1.29, 1.82) is 5.26 Å². The van der Waals surface area contributed by atoms with Gasteiger partial charge in [-0.15, -0.1) is 0 Å². The van der Waals surface area contributed by atoms with Gasteiger partial charge >= 0.3 is 0 Å². The van der Waals surface area contributed by atoms with Crippen LogP contribution in [0.1, 0.15) is 11.5 Å². The van der Waals surface area contributed by atoms with E-state index in [2.05, 4.69) is 5.32 Å². The van der Waals surface area contributed by atoms with Gasteiger partial charge in [-0.3, -0.25) is 4.79 Å². The number of carbonyl (C=O) groups excluding carboxylic acids is 1. The molecule has 0 radical (unpaired) electrons. The maximum Gasteiger partial charge on any atom is 0.234 e. The Morgan fingerprint density at radius 3 is 2.50 bits per heavy atom. The molecule has 0 spiro atoms. The van der Waals surface area contributed by atoms with Crippen molar-refractivity contribution >= 4 is 15.7 Å². The van der Waals surface area contributed by atoms with Gasteiger partial charge in [0, 0.05) is 7.05 Å². The second-order valence-electron chi connectivity index (χ2n) is 3.82. The number of carbonyl (C=O) groups is 1. The van der Waals surface area contributed by atoms with E-state index in [-0.39, 0.29) is 5.75 Å². The Morgan fingerprint density at radius 1 is 1.39 bits per heavy atom. The second-order valence-corrected chi connectivity index (χ2v) is 5.93. The number of nitrogens with one attached hydrogen (secondary N) is 1. The first kappa shape index (κ1) is 14.2. The fourth-order valence-electron chi connectivity index (χ4n) is 1.48. The Morgan fingerprint density at radius 2 is 2.00 bits per heavy atom. The molecule has 5 nitrogen and oxygen atoms in total. The third-order valence-electron chi connectivity index (χ3n) is 2.41. The summed E-state index contributed by atoms with van der Waals surface area (Å²) in [5, 5.41) is 11.3. The Hall–Kier alpha value is -1.87. The highest BCUT2D eigenvalue weighted by molar-refractivity contribution is 7.92. The number of rotatable bonds is 5. The minimum absolute atomic E-state index is 0.346. The van der Waals surface area contributed by atoms with E-state index in [1.807, 2.05) is 6.07 Å². The molecule has 0 saturated carbocycles. The highest BCUT2D eigenvalue weighted by Gasteiger charge is 2.22. The predicted molar refractivity (Wildman–Crippen MR) is 67.5 cm³/mol. The third kappa shape index (κ3) is 4.18. The average molecular weight is 266 g/mol. The zero-order chi connectivity index (χ0) is 13.6. The monoisotopic (exact) mass is 266 g/mol. The molecule has 0 aliphatic rings. The third-order valence-corrected chi connectivity index (χ3v) is 3.95. The molecule has 96 valence electrons. The number of hydrogen-bond acceptors (Lipinski definition) is 4. The van der Waals surface area contributed by atoms with Crippen LogP contribution < -0.4 is 5.32 Å². The number of amides is 1. The fraction of sp³-hybridized carbons (Fsp3) is 0.333. The molecule has 0 bridgehead atoms. The van der Waals surface area contributed by atoms with Crippen LogP contribution in [-0.2, 0) is 14.6 Å². The Balaban J connectivity index is 2.82. The van der Waals surface area contributed by atoms with E-state index < -0.39 is 27.4 Å². The zero-order valence-corrected chi connectivity index (χ0v) is 10.8. The second kappa shape index (κ2) is 6.17. The lowest BCUT2D eigenvalue weighted by molar-refractivity contribution is -0.118. The van der Waals surface area contributed by atoms with E-state index in [9.17, 15) is 13.2 Å². The molecule has 0 aliphatic carbocycles. The quantitative estimate of drug-likeness (QED) is 0.838. The summed E-state index contributed by atoms with van der Waals surface area (Å²) in [6, 6.07) is 10.6. The van der Waals surface area contributed by atoms with Crippen molar-refractivity contribution in [2.75, 3.05) is 18.6 Å². The molecule has 0 aliphatic heterocycles. The Kier molecular flexibility index (Phi) is 4.86. The number of nitriles is 1. The molecule has 1 aromatic carbocycles. The van der Waals surface area contributed by atoms with Crippen LogP contribution in [-0.4, -0.2) is 32.9 Å². The summed E-state index contributed by atoms with van der Waals surface area (Å²) in [5.41, 5.74) is 0.639. The van der Waals surface area contributed by atoms with Crippen LogP contribution in [0.3, 0.4) is 0 Å². The Bertz CT molecular complexity index is 546. The maximum absolute atomic E-state index is 11.7. The zero-order valence-electron chi connectivity index (χ0n) is 9.96. The van der Waals surface area contributed by atoms with E-state index >= 15 is 0 Å². The fourth-order valence-corrected chi connectivity index (χ4v) is 2.91. The summed E-state index contributed by atoms with van der Waals surface area (Å²) in [7, 11) is -2.22. The Labute approximate surface area is 106 Å². The van der Waals surface area contributed by atoms with Crippen LogP contribution in [0.5, 0.6) is 0 Å². The summed E-state index contributed by atoms with van der Waals surface area (Å²) in [5.74, 6) is -2.25. The lowest BCUT2D eigenvalue weighted by Gasteiger charge is -2.09. The summed E-state index contributed by atoms with van der Waals surface area (Å²) in [6.45, 7) is 0.